The maximum Gasteiger partial charge on any atom is 0.139 e. The van der Waals surface area contributed by atoms with Crippen molar-refractivity contribution in [1.82, 2.24) is 15.0 Å². The fourth-order valence-corrected chi connectivity index (χ4v) is 8.64. The number of Topliss-reactive ketones (excluding diaryl/α,β-unsaturated/α-hetero) is 1. The number of aryl methyl sites for hydroxylation is 1. The minimum Gasteiger partial charge on any atom is -0.391 e. The molecule has 0 spiro atoms. The van der Waals surface area contributed by atoms with E-state index in [1.165, 1.54) is 44.9 Å². The summed E-state index contributed by atoms with van der Waals surface area (Å²) in [4.78, 5) is 12.7. The van der Waals surface area contributed by atoms with E-state index < -0.39 is 0 Å². The zero-order valence-corrected chi connectivity index (χ0v) is 20.4. The van der Waals surface area contributed by atoms with Gasteiger partial charge in [0.1, 0.15) is 5.78 Å². The van der Waals surface area contributed by atoms with Crippen LogP contribution in [-0.2, 0) is 11.2 Å². The van der Waals surface area contributed by atoms with Gasteiger partial charge < -0.3 is 5.11 Å². The maximum atomic E-state index is 12.7. The average Bonchev–Trinajstić information content (AvgIpc) is 3.36. The normalized spacial score (nSPS) is 43.6. The maximum absolute atomic E-state index is 12.7. The summed E-state index contributed by atoms with van der Waals surface area (Å²) >= 11 is 0. The number of carbonyl (C=O) groups excluding carboxylic acids is 1. The second kappa shape index (κ2) is 8.52. The Morgan fingerprint density at radius 2 is 1.97 bits per heavy atom. The van der Waals surface area contributed by atoms with Crippen LogP contribution in [0.2, 0.25) is 0 Å². The Morgan fingerprint density at radius 1 is 1.12 bits per heavy atom. The average molecular weight is 442 g/mol. The number of rotatable bonds is 6. The van der Waals surface area contributed by atoms with E-state index >= 15 is 0 Å². The second-order valence-electron chi connectivity index (χ2n) is 12.1. The van der Waals surface area contributed by atoms with Crippen molar-refractivity contribution in [3.8, 4) is 0 Å². The lowest BCUT2D eigenvalue weighted by molar-refractivity contribution is -0.148. The van der Waals surface area contributed by atoms with Crippen LogP contribution in [0.1, 0.15) is 110 Å². The highest BCUT2D eigenvalue weighted by atomic mass is 16.3. The third kappa shape index (κ3) is 3.58. The van der Waals surface area contributed by atoms with Crippen LogP contribution < -0.4 is 0 Å². The molecular weight excluding hydrogens is 398 g/mol. The highest BCUT2D eigenvalue weighted by Gasteiger charge is 2.61. The summed E-state index contributed by atoms with van der Waals surface area (Å²) < 4.78 is 2.00. The van der Waals surface area contributed by atoms with Crippen molar-refractivity contribution in [1.29, 1.82) is 0 Å². The second-order valence-corrected chi connectivity index (χ2v) is 12.1. The SMILES string of the molecule is CCCCCCc1cn([C@H]2C[C@@]3(C)[C@@H](CC[C@@H]4[C@@H]3CC[C@]3(C)C(=O)CC[C@@H]43)C[C@@H]2O)nn1. The Kier molecular flexibility index (Phi) is 6.01. The van der Waals surface area contributed by atoms with E-state index in [9.17, 15) is 9.90 Å². The van der Waals surface area contributed by atoms with E-state index in [0.717, 1.165) is 44.2 Å². The number of ketones is 1. The molecule has 1 aromatic rings. The monoisotopic (exact) mass is 441 g/mol. The van der Waals surface area contributed by atoms with Crippen molar-refractivity contribution >= 4 is 5.78 Å². The fourth-order valence-electron chi connectivity index (χ4n) is 8.64. The van der Waals surface area contributed by atoms with Crippen LogP contribution in [0.15, 0.2) is 6.20 Å². The Hall–Kier alpha value is -1.23. The number of aromatic nitrogens is 3. The Bertz CT molecular complexity index is 837. The third-order valence-corrected chi connectivity index (χ3v) is 10.6. The lowest BCUT2D eigenvalue weighted by Gasteiger charge is -2.61. The van der Waals surface area contributed by atoms with Crippen LogP contribution in [0.4, 0.5) is 0 Å². The molecule has 5 rings (SSSR count). The highest BCUT2D eigenvalue weighted by molar-refractivity contribution is 5.87. The van der Waals surface area contributed by atoms with Crippen LogP contribution in [0.3, 0.4) is 0 Å². The number of aliphatic hydroxyl groups is 1. The minimum absolute atomic E-state index is 0.0328. The first-order valence-electron chi connectivity index (χ1n) is 13.5. The summed E-state index contributed by atoms with van der Waals surface area (Å²) in [5, 5.41) is 20.1. The topological polar surface area (TPSA) is 68.0 Å². The molecule has 4 aliphatic rings. The number of unbranched alkanes of at least 4 members (excludes halogenated alkanes) is 3. The van der Waals surface area contributed by atoms with E-state index in [1.807, 2.05) is 4.68 Å². The molecule has 1 heterocycles. The summed E-state index contributed by atoms with van der Waals surface area (Å²) in [6.45, 7) is 7.01. The molecule has 32 heavy (non-hydrogen) atoms. The smallest absolute Gasteiger partial charge is 0.139 e. The number of aliphatic hydroxyl groups excluding tert-OH is 1. The summed E-state index contributed by atoms with van der Waals surface area (Å²) in [5.74, 6) is 3.06. The molecular formula is C27H43N3O2. The van der Waals surface area contributed by atoms with Crippen LogP contribution in [0, 0.1) is 34.5 Å². The first-order valence-corrected chi connectivity index (χ1v) is 13.5. The molecule has 0 amide bonds. The van der Waals surface area contributed by atoms with Crippen molar-refractivity contribution in [3.63, 3.8) is 0 Å². The summed E-state index contributed by atoms with van der Waals surface area (Å²) in [6.07, 6.45) is 16.2. The Labute approximate surface area is 193 Å². The number of hydrogen-bond acceptors (Lipinski definition) is 4. The van der Waals surface area contributed by atoms with Crippen molar-refractivity contribution in [2.45, 2.75) is 116 Å². The van der Waals surface area contributed by atoms with Gasteiger partial charge in [-0.1, -0.05) is 45.2 Å². The van der Waals surface area contributed by atoms with Gasteiger partial charge in [0, 0.05) is 18.0 Å². The van der Waals surface area contributed by atoms with E-state index in [4.69, 9.17) is 0 Å². The van der Waals surface area contributed by atoms with E-state index in [1.54, 1.807) is 0 Å². The number of nitrogens with zero attached hydrogens (tertiary/aromatic N) is 3. The van der Waals surface area contributed by atoms with Gasteiger partial charge in [-0.05, 0) is 86.9 Å². The van der Waals surface area contributed by atoms with Crippen LogP contribution in [0.5, 0.6) is 0 Å². The van der Waals surface area contributed by atoms with E-state index in [-0.39, 0.29) is 23.0 Å². The van der Waals surface area contributed by atoms with Gasteiger partial charge in [0.15, 0.2) is 0 Å². The zero-order chi connectivity index (χ0) is 22.5. The van der Waals surface area contributed by atoms with Gasteiger partial charge in [0.05, 0.1) is 17.8 Å². The van der Waals surface area contributed by atoms with Crippen molar-refractivity contribution in [2.24, 2.45) is 34.5 Å². The molecule has 0 aliphatic heterocycles. The number of hydrogen-bond donors (Lipinski definition) is 1. The predicted octanol–water partition coefficient (Wildman–Crippen LogP) is 5.52. The standard InChI is InChI=1S/C27H43N3O2/c1-4-5-6-7-8-19-17-30(29-28-19)23-16-27(3)18(15-24(23)31)9-10-20-21-11-12-25(32)26(21,2)14-13-22(20)27/h17-18,20-24,31H,4-16H2,1-3H3/t18-,20-,21-,22-,23-,24-,26-,27-/m0/s1. The molecule has 1 aromatic heterocycles. The van der Waals surface area contributed by atoms with Crippen molar-refractivity contribution in [3.05, 3.63) is 11.9 Å². The third-order valence-electron chi connectivity index (χ3n) is 10.6. The summed E-state index contributed by atoms with van der Waals surface area (Å²) in [5.41, 5.74) is 1.24. The molecule has 0 unspecified atom stereocenters. The Morgan fingerprint density at radius 3 is 2.78 bits per heavy atom. The molecule has 4 saturated carbocycles. The Balaban J connectivity index is 1.33. The van der Waals surface area contributed by atoms with Crippen LogP contribution in [-0.4, -0.2) is 32.0 Å². The van der Waals surface area contributed by atoms with Crippen molar-refractivity contribution < 1.29 is 9.90 Å². The van der Waals surface area contributed by atoms with Gasteiger partial charge >= 0.3 is 0 Å². The minimum atomic E-state index is -0.332. The van der Waals surface area contributed by atoms with Gasteiger partial charge in [-0.3, -0.25) is 4.79 Å². The molecule has 178 valence electrons. The molecule has 5 nitrogen and oxygen atoms in total. The molecule has 1 N–H and O–H groups in total. The molecule has 8 atom stereocenters. The number of fused-ring (bicyclic) bond motifs is 5. The number of carbonyl (C=O) groups is 1. The van der Waals surface area contributed by atoms with Gasteiger partial charge in [-0.25, -0.2) is 4.68 Å². The highest BCUT2D eigenvalue weighted by Crippen LogP contribution is 2.66. The molecule has 0 saturated heterocycles. The van der Waals surface area contributed by atoms with Crippen LogP contribution in [0.25, 0.3) is 0 Å². The van der Waals surface area contributed by atoms with Gasteiger partial charge in [-0.15, -0.1) is 5.10 Å². The van der Waals surface area contributed by atoms with Crippen molar-refractivity contribution in [2.75, 3.05) is 0 Å². The van der Waals surface area contributed by atoms with Gasteiger partial charge in [0.25, 0.3) is 0 Å². The van der Waals surface area contributed by atoms with Gasteiger partial charge in [-0.2, -0.15) is 0 Å². The molecule has 4 fully saturated rings. The lowest BCUT2D eigenvalue weighted by atomic mass is 9.44. The zero-order valence-electron chi connectivity index (χ0n) is 20.4. The predicted molar refractivity (Wildman–Crippen MR) is 125 cm³/mol. The molecule has 0 aromatic carbocycles. The first kappa shape index (κ1) is 22.6. The van der Waals surface area contributed by atoms with E-state index in [0.29, 0.717) is 29.5 Å². The molecule has 0 bridgehead atoms. The fraction of sp³-hybridized carbons (Fsp3) is 0.889. The van der Waals surface area contributed by atoms with Crippen LogP contribution >= 0.6 is 0 Å². The van der Waals surface area contributed by atoms with E-state index in [2.05, 4.69) is 37.3 Å². The first-order chi connectivity index (χ1) is 15.4. The van der Waals surface area contributed by atoms with Gasteiger partial charge in [0.2, 0.25) is 0 Å². The largest absolute Gasteiger partial charge is 0.391 e. The lowest BCUT2D eigenvalue weighted by Crippen LogP contribution is -2.55. The molecule has 4 aliphatic carbocycles. The quantitative estimate of drug-likeness (QED) is 0.590. The summed E-state index contributed by atoms with van der Waals surface area (Å²) in [7, 11) is 0. The summed E-state index contributed by atoms with van der Waals surface area (Å²) in [6, 6.07) is 0.0328. The molecule has 0 radical (unpaired) electrons. The molecule has 5 heteroatoms.